The zero-order valence-electron chi connectivity index (χ0n) is 14.8. The molecule has 25 heavy (non-hydrogen) atoms. The first-order chi connectivity index (χ1) is 12.1. The molecule has 1 saturated heterocycles. The fourth-order valence-corrected chi connectivity index (χ4v) is 3.59. The van der Waals surface area contributed by atoms with Gasteiger partial charge in [-0.1, -0.05) is 30.3 Å². The smallest absolute Gasteiger partial charge is 0.314 e. The van der Waals surface area contributed by atoms with E-state index >= 15 is 0 Å². The highest BCUT2D eigenvalue weighted by molar-refractivity contribution is 7.71. The van der Waals surface area contributed by atoms with Crippen LogP contribution in [0.25, 0.3) is 11.4 Å². The molecule has 0 aliphatic carbocycles. The number of carbonyl (C=O) groups excluding carboxylic acids is 1. The van der Waals surface area contributed by atoms with Gasteiger partial charge in [-0.2, -0.15) is 4.68 Å². The van der Waals surface area contributed by atoms with Crippen molar-refractivity contribution in [1.82, 2.24) is 14.3 Å². The minimum atomic E-state index is -0.0747. The molecule has 2 atom stereocenters. The normalized spacial score (nSPS) is 20.4. The van der Waals surface area contributed by atoms with Gasteiger partial charge >= 0.3 is 5.97 Å². The topological polar surface area (TPSA) is 53.5 Å². The third kappa shape index (κ3) is 3.99. The van der Waals surface area contributed by atoms with Crippen LogP contribution in [0, 0.1) is 10.7 Å². The molecule has 1 fully saturated rings. The third-order valence-corrected chi connectivity index (χ3v) is 5.17. The number of hydrogen-bond acceptors (Lipinski definition) is 4. The summed E-state index contributed by atoms with van der Waals surface area (Å²) in [5.74, 6) is 0.772. The molecule has 7 heteroatoms. The fourth-order valence-electron chi connectivity index (χ4n) is 3.40. The maximum atomic E-state index is 12.0. The van der Waals surface area contributed by atoms with Crippen molar-refractivity contribution in [2.45, 2.75) is 26.4 Å². The number of ether oxygens (including phenoxy) is 1. The Hall–Kier alpha value is -1.99. The lowest BCUT2D eigenvalue weighted by Gasteiger charge is -2.28. The first kappa shape index (κ1) is 17.8. The minimum Gasteiger partial charge on any atom is -0.466 e. The van der Waals surface area contributed by atoms with Crippen LogP contribution in [0.15, 0.2) is 30.3 Å². The third-order valence-electron chi connectivity index (χ3n) is 4.68. The number of rotatable bonds is 5. The quantitative estimate of drug-likeness (QED) is 0.647. The molecule has 1 aromatic heterocycles. The van der Waals surface area contributed by atoms with E-state index in [0.717, 1.165) is 37.3 Å². The van der Waals surface area contributed by atoms with Crippen molar-refractivity contribution in [3.63, 3.8) is 0 Å². The Morgan fingerprint density at radius 3 is 2.88 bits per heavy atom. The molecular weight excluding hydrogens is 336 g/mol. The summed E-state index contributed by atoms with van der Waals surface area (Å²) >= 11 is 5.56. The van der Waals surface area contributed by atoms with Gasteiger partial charge in [0.1, 0.15) is 5.92 Å². The van der Waals surface area contributed by atoms with Gasteiger partial charge in [-0.25, -0.2) is 0 Å². The Morgan fingerprint density at radius 1 is 1.40 bits per heavy atom. The van der Waals surface area contributed by atoms with Crippen molar-refractivity contribution in [2.75, 3.05) is 19.7 Å². The molecule has 0 spiro atoms. The highest BCUT2D eigenvalue weighted by Crippen LogP contribution is 2.16. The van der Waals surface area contributed by atoms with Crippen LogP contribution in [-0.4, -0.2) is 40.0 Å². The Labute approximate surface area is 153 Å². The second-order valence-corrected chi connectivity index (χ2v) is 6.85. The highest BCUT2D eigenvalue weighted by Gasteiger charge is 2.30. The van der Waals surface area contributed by atoms with Crippen molar-refractivity contribution in [3.8, 4) is 11.4 Å². The molecule has 2 heterocycles. The van der Waals surface area contributed by atoms with Crippen LogP contribution in [0.1, 0.15) is 19.8 Å². The van der Waals surface area contributed by atoms with Crippen LogP contribution >= 0.6 is 12.2 Å². The first-order valence-corrected chi connectivity index (χ1v) is 9.20. The average Bonchev–Trinajstić information content (AvgIpc) is 2.91. The molecule has 0 amide bonds. The number of aromatic nitrogens is 3. The predicted octanol–water partition coefficient (Wildman–Crippen LogP) is 1.43. The summed E-state index contributed by atoms with van der Waals surface area (Å²) < 4.78 is 9.70. The predicted molar refractivity (Wildman–Crippen MR) is 97.5 cm³/mol. The zero-order chi connectivity index (χ0) is 17.8. The van der Waals surface area contributed by atoms with Gasteiger partial charge < -0.3 is 14.2 Å². The molecule has 1 unspecified atom stereocenters. The summed E-state index contributed by atoms with van der Waals surface area (Å²) in [6.07, 6.45) is 1.93. The standard InChI is InChI=1S/C18H24N4O2S/c1-3-24-17(23)15-10-7-11-21(12-15)13-22-18(25)20(2)16(19-22)14-8-5-4-6-9-14/h4-6,8-9,15H,3,7,10-13H2,1-2H3/p+1/t15-/m0/s1. The van der Waals surface area contributed by atoms with E-state index in [0.29, 0.717) is 18.0 Å². The molecule has 3 rings (SSSR count). The number of piperidine rings is 1. The Bertz CT molecular complexity index is 784. The van der Waals surface area contributed by atoms with E-state index in [1.807, 2.05) is 53.6 Å². The summed E-state index contributed by atoms with van der Waals surface area (Å²) in [6.45, 7) is 4.77. The van der Waals surface area contributed by atoms with Crippen LogP contribution in [0.3, 0.4) is 0 Å². The minimum absolute atomic E-state index is 0.0184. The van der Waals surface area contributed by atoms with Crippen molar-refractivity contribution < 1.29 is 14.4 Å². The van der Waals surface area contributed by atoms with Crippen LogP contribution in [-0.2, 0) is 23.2 Å². The van der Waals surface area contributed by atoms with Crippen molar-refractivity contribution in [3.05, 3.63) is 35.1 Å². The molecule has 6 nitrogen and oxygen atoms in total. The molecule has 1 aromatic carbocycles. The average molecular weight is 361 g/mol. The number of esters is 1. The first-order valence-electron chi connectivity index (χ1n) is 8.79. The molecule has 1 aliphatic heterocycles. The maximum absolute atomic E-state index is 12.0. The van der Waals surface area contributed by atoms with Crippen molar-refractivity contribution in [2.24, 2.45) is 13.0 Å². The molecule has 1 aliphatic rings. The molecule has 0 radical (unpaired) electrons. The van der Waals surface area contributed by atoms with Crippen LogP contribution in [0.4, 0.5) is 0 Å². The second kappa shape index (κ2) is 7.93. The Balaban J connectivity index is 1.75. The number of carbonyl (C=O) groups is 1. The number of likely N-dealkylation sites (tertiary alicyclic amines) is 1. The Morgan fingerprint density at radius 2 is 2.16 bits per heavy atom. The van der Waals surface area contributed by atoms with Gasteiger partial charge in [0.2, 0.25) is 4.77 Å². The molecule has 0 bridgehead atoms. The van der Waals surface area contributed by atoms with Crippen LogP contribution in [0.2, 0.25) is 0 Å². The molecule has 1 N–H and O–H groups in total. The lowest BCUT2D eigenvalue weighted by molar-refractivity contribution is -0.930. The number of nitrogens with zero attached hydrogens (tertiary/aromatic N) is 3. The largest absolute Gasteiger partial charge is 0.466 e. The number of benzene rings is 1. The van der Waals surface area contributed by atoms with E-state index in [9.17, 15) is 4.79 Å². The highest BCUT2D eigenvalue weighted by atomic mass is 32.1. The SMILES string of the molecule is CCOC(=O)[C@H]1CCC[NH+](Cn2nc(-c3ccccc3)n(C)c2=S)C1. The summed E-state index contributed by atoms with van der Waals surface area (Å²) in [4.78, 5) is 13.3. The van der Waals surface area contributed by atoms with E-state index in [1.54, 1.807) is 0 Å². The number of nitrogens with one attached hydrogen (secondary N) is 1. The van der Waals surface area contributed by atoms with Crippen molar-refractivity contribution >= 4 is 18.2 Å². The van der Waals surface area contributed by atoms with Gasteiger partial charge in [-0.05, 0) is 32.0 Å². The monoisotopic (exact) mass is 361 g/mol. The Kier molecular flexibility index (Phi) is 5.65. The number of hydrogen-bond donors (Lipinski definition) is 1. The van der Waals surface area contributed by atoms with Gasteiger partial charge in [0, 0.05) is 12.6 Å². The fraction of sp³-hybridized carbons (Fsp3) is 0.500. The zero-order valence-corrected chi connectivity index (χ0v) is 15.6. The van der Waals surface area contributed by atoms with E-state index in [1.165, 1.54) is 4.90 Å². The maximum Gasteiger partial charge on any atom is 0.314 e. The van der Waals surface area contributed by atoms with Gasteiger partial charge in [0.05, 0.1) is 19.7 Å². The van der Waals surface area contributed by atoms with Gasteiger partial charge in [0.25, 0.3) is 0 Å². The van der Waals surface area contributed by atoms with E-state index in [2.05, 4.69) is 0 Å². The van der Waals surface area contributed by atoms with Gasteiger partial charge in [-0.15, -0.1) is 5.10 Å². The van der Waals surface area contributed by atoms with Crippen LogP contribution < -0.4 is 4.90 Å². The molecule has 2 aromatic rings. The summed E-state index contributed by atoms with van der Waals surface area (Å²) in [6, 6.07) is 10.1. The van der Waals surface area contributed by atoms with Gasteiger partial charge in [-0.3, -0.25) is 4.79 Å². The number of quaternary nitrogens is 1. The van der Waals surface area contributed by atoms with E-state index in [-0.39, 0.29) is 11.9 Å². The summed E-state index contributed by atoms with van der Waals surface area (Å²) in [5, 5.41) is 4.72. The summed E-state index contributed by atoms with van der Waals surface area (Å²) in [5.41, 5.74) is 1.05. The molecule has 134 valence electrons. The molecule has 0 saturated carbocycles. The van der Waals surface area contributed by atoms with E-state index < -0.39 is 0 Å². The second-order valence-electron chi connectivity index (χ2n) is 6.48. The molecular formula is C18H25N4O2S+. The lowest BCUT2D eigenvalue weighted by Crippen LogP contribution is -3.13. The van der Waals surface area contributed by atoms with Crippen LogP contribution in [0.5, 0.6) is 0 Å². The summed E-state index contributed by atoms with van der Waals surface area (Å²) in [7, 11) is 1.95. The van der Waals surface area contributed by atoms with Gasteiger partial charge in [0.15, 0.2) is 12.5 Å². The van der Waals surface area contributed by atoms with Crippen molar-refractivity contribution in [1.29, 1.82) is 0 Å². The van der Waals surface area contributed by atoms with E-state index in [4.69, 9.17) is 22.1 Å². The lowest BCUT2D eigenvalue weighted by atomic mass is 9.99.